The summed E-state index contributed by atoms with van der Waals surface area (Å²) in [4.78, 5) is 29.7. The maximum atomic E-state index is 12.9. The van der Waals surface area contributed by atoms with Crippen molar-refractivity contribution in [3.8, 4) is 11.3 Å². The minimum atomic E-state index is -0.666. The van der Waals surface area contributed by atoms with Crippen LogP contribution in [0.25, 0.3) is 22.4 Å². The monoisotopic (exact) mass is 433 g/mol. The first kappa shape index (κ1) is 21.3. The fraction of sp³-hybridized carbons (Fsp3) is 0.250. The number of ether oxygens (including phenoxy) is 1. The summed E-state index contributed by atoms with van der Waals surface area (Å²) in [5, 5.41) is 7.11. The molecule has 1 amide bonds. The molecule has 0 unspecified atom stereocenters. The summed E-state index contributed by atoms with van der Waals surface area (Å²) < 4.78 is 16.2. The SMILES string of the molecule is CCc1cccc(NC(=O)COC(=O)c2cc(-c3cc(C)oc3C)nc3onc(C)c23)c1. The molecule has 3 aromatic heterocycles. The first-order chi connectivity index (χ1) is 15.4. The third kappa shape index (κ3) is 4.25. The number of rotatable bonds is 6. The van der Waals surface area contributed by atoms with Crippen LogP contribution in [0.4, 0.5) is 5.69 Å². The third-order valence-corrected chi connectivity index (χ3v) is 5.11. The van der Waals surface area contributed by atoms with Crippen LogP contribution >= 0.6 is 0 Å². The van der Waals surface area contributed by atoms with Gasteiger partial charge in [0.05, 0.1) is 22.3 Å². The van der Waals surface area contributed by atoms with Gasteiger partial charge in [0.25, 0.3) is 11.6 Å². The lowest BCUT2D eigenvalue weighted by atomic mass is 10.1. The highest BCUT2D eigenvalue weighted by atomic mass is 16.5. The number of aryl methyl sites for hydroxylation is 4. The zero-order chi connectivity index (χ0) is 22.8. The molecule has 0 saturated carbocycles. The summed E-state index contributed by atoms with van der Waals surface area (Å²) in [5.74, 6) is 0.292. The van der Waals surface area contributed by atoms with Crippen LogP contribution in [0.3, 0.4) is 0 Å². The Kier molecular flexibility index (Phi) is 5.77. The predicted octanol–water partition coefficient (Wildman–Crippen LogP) is 4.77. The van der Waals surface area contributed by atoms with Crippen molar-refractivity contribution in [1.29, 1.82) is 0 Å². The van der Waals surface area contributed by atoms with Crippen molar-refractivity contribution in [3.63, 3.8) is 0 Å². The van der Waals surface area contributed by atoms with E-state index in [0.717, 1.165) is 23.3 Å². The van der Waals surface area contributed by atoms with Gasteiger partial charge in [-0.05, 0) is 57.0 Å². The zero-order valence-corrected chi connectivity index (χ0v) is 18.3. The Hall–Kier alpha value is -3.94. The summed E-state index contributed by atoms with van der Waals surface area (Å²) in [6.07, 6.45) is 0.854. The van der Waals surface area contributed by atoms with Crippen molar-refractivity contribution >= 4 is 28.7 Å². The number of esters is 1. The van der Waals surface area contributed by atoms with Gasteiger partial charge in [-0.3, -0.25) is 4.79 Å². The fourth-order valence-electron chi connectivity index (χ4n) is 3.55. The van der Waals surface area contributed by atoms with Crippen LogP contribution in [0.15, 0.2) is 45.3 Å². The number of amides is 1. The van der Waals surface area contributed by atoms with Crippen molar-refractivity contribution in [1.82, 2.24) is 10.1 Å². The summed E-state index contributed by atoms with van der Waals surface area (Å²) in [7, 11) is 0. The lowest BCUT2D eigenvalue weighted by Gasteiger charge is -2.09. The Labute approximate surface area is 184 Å². The fourth-order valence-corrected chi connectivity index (χ4v) is 3.55. The number of hydrogen-bond donors (Lipinski definition) is 1. The first-order valence-corrected chi connectivity index (χ1v) is 10.3. The molecule has 0 aliphatic heterocycles. The molecule has 0 fully saturated rings. The topological polar surface area (TPSA) is 107 Å². The number of fused-ring (bicyclic) bond motifs is 1. The molecule has 1 aromatic carbocycles. The van der Waals surface area contributed by atoms with Gasteiger partial charge in [-0.1, -0.05) is 24.2 Å². The van der Waals surface area contributed by atoms with Crippen molar-refractivity contribution in [2.24, 2.45) is 0 Å². The summed E-state index contributed by atoms with van der Waals surface area (Å²) in [5.41, 5.74) is 3.93. The number of aromatic nitrogens is 2. The minimum Gasteiger partial charge on any atom is -0.466 e. The molecular formula is C24H23N3O5. The summed E-state index contributed by atoms with van der Waals surface area (Å²) >= 11 is 0. The molecule has 1 N–H and O–H groups in total. The molecule has 0 bridgehead atoms. The molecule has 4 rings (SSSR count). The Morgan fingerprint density at radius 3 is 2.66 bits per heavy atom. The van der Waals surface area contributed by atoms with Gasteiger partial charge in [-0.15, -0.1) is 0 Å². The van der Waals surface area contributed by atoms with Crippen molar-refractivity contribution in [2.45, 2.75) is 34.1 Å². The van der Waals surface area contributed by atoms with E-state index in [1.165, 1.54) is 0 Å². The van der Waals surface area contributed by atoms with E-state index in [0.29, 0.717) is 28.2 Å². The first-order valence-electron chi connectivity index (χ1n) is 10.3. The standard InChI is InChI=1S/C24H23N3O5/c1-5-16-7-6-8-17(10-16)25-21(28)12-30-24(29)19-11-20(18-9-13(2)31-15(18)4)26-23-22(19)14(3)27-32-23/h6-11H,5,12H2,1-4H3,(H,25,28). The van der Waals surface area contributed by atoms with E-state index < -0.39 is 18.5 Å². The van der Waals surface area contributed by atoms with Gasteiger partial charge in [0, 0.05) is 11.3 Å². The predicted molar refractivity (Wildman–Crippen MR) is 118 cm³/mol. The molecule has 0 radical (unpaired) electrons. The lowest BCUT2D eigenvalue weighted by molar-refractivity contribution is -0.119. The Balaban J connectivity index is 1.56. The number of nitrogens with one attached hydrogen (secondary N) is 1. The lowest BCUT2D eigenvalue weighted by Crippen LogP contribution is -2.21. The molecule has 0 saturated heterocycles. The highest BCUT2D eigenvalue weighted by Gasteiger charge is 2.22. The molecule has 8 nitrogen and oxygen atoms in total. The number of anilines is 1. The maximum absolute atomic E-state index is 12.9. The Bertz CT molecular complexity index is 1320. The normalized spacial score (nSPS) is 11.0. The van der Waals surface area contributed by atoms with Crippen LogP contribution in [0.2, 0.25) is 0 Å². The summed E-state index contributed by atoms with van der Waals surface area (Å²) in [6.45, 7) is 6.96. The average molecular weight is 433 g/mol. The van der Waals surface area contributed by atoms with Gasteiger partial charge in [-0.25, -0.2) is 9.78 Å². The summed E-state index contributed by atoms with van der Waals surface area (Å²) in [6, 6.07) is 11.0. The van der Waals surface area contributed by atoms with E-state index in [-0.39, 0.29) is 11.3 Å². The number of carbonyl (C=O) groups is 2. The Morgan fingerprint density at radius 1 is 1.12 bits per heavy atom. The third-order valence-electron chi connectivity index (χ3n) is 5.11. The molecular weight excluding hydrogens is 410 g/mol. The van der Waals surface area contributed by atoms with Gasteiger partial charge < -0.3 is 19.0 Å². The second-order valence-corrected chi connectivity index (χ2v) is 7.51. The number of hydrogen-bond acceptors (Lipinski definition) is 7. The van der Waals surface area contributed by atoms with E-state index in [1.54, 1.807) is 19.1 Å². The quantitative estimate of drug-likeness (QED) is 0.437. The molecule has 0 aliphatic carbocycles. The maximum Gasteiger partial charge on any atom is 0.339 e. The van der Waals surface area contributed by atoms with E-state index in [9.17, 15) is 9.59 Å². The van der Waals surface area contributed by atoms with E-state index in [4.69, 9.17) is 13.7 Å². The molecule has 164 valence electrons. The molecule has 32 heavy (non-hydrogen) atoms. The van der Waals surface area contributed by atoms with Crippen LogP contribution in [-0.4, -0.2) is 28.6 Å². The van der Waals surface area contributed by atoms with Crippen LogP contribution in [0.1, 0.15) is 40.1 Å². The van der Waals surface area contributed by atoms with Gasteiger partial charge in [0.15, 0.2) is 6.61 Å². The minimum absolute atomic E-state index is 0.214. The van der Waals surface area contributed by atoms with Crippen molar-refractivity contribution in [2.75, 3.05) is 11.9 Å². The average Bonchev–Trinajstić information content (AvgIpc) is 3.32. The number of nitrogens with zero attached hydrogens (tertiary/aromatic N) is 2. The molecule has 0 spiro atoms. The molecule has 4 aromatic rings. The van der Waals surface area contributed by atoms with Crippen LogP contribution in [0, 0.1) is 20.8 Å². The molecule has 0 aliphatic rings. The van der Waals surface area contributed by atoms with Crippen LogP contribution in [0.5, 0.6) is 0 Å². The molecule has 3 heterocycles. The Morgan fingerprint density at radius 2 is 1.94 bits per heavy atom. The van der Waals surface area contributed by atoms with Gasteiger partial charge in [-0.2, -0.15) is 0 Å². The highest BCUT2D eigenvalue weighted by Crippen LogP contribution is 2.30. The number of carbonyl (C=O) groups excluding carboxylic acids is 2. The number of benzene rings is 1. The van der Waals surface area contributed by atoms with E-state index in [2.05, 4.69) is 15.5 Å². The number of furan rings is 1. The highest BCUT2D eigenvalue weighted by molar-refractivity contribution is 6.05. The smallest absolute Gasteiger partial charge is 0.339 e. The van der Waals surface area contributed by atoms with E-state index >= 15 is 0 Å². The van der Waals surface area contributed by atoms with E-state index in [1.807, 2.05) is 45.0 Å². The number of pyridine rings is 1. The van der Waals surface area contributed by atoms with Crippen molar-refractivity contribution < 1.29 is 23.3 Å². The second kappa shape index (κ2) is 8.66. The molecule has 8 heteroatoms. The zero-order valence-electron chi connectivity index (χ0n) is 18.3. The van der Waals surface area contributed by atoms with Gasteiger partial charge in [0.1, 0.15) is 11.5 Å². The largest absolute Gasteiger partial charge is 0.466 e. The van der Waals surface area contributed by atoms with Gasteiger partial charge >= 0.3 is 5.97 Å². The van der Waals surface area contributed by atoms with Crippen molar-refractivity contribution in [3.05, 3.63) is 64.7 Å². The second-order valence-electron chi connectivity index (χ2n) is 7.51. The molecule has 0 atom stereocenters. The van der Waals surface area contributed by atoms with Crippen LogP contribution in [-0.2, 0) is 16.0 Å². The van der Waals surface area contributed by atoms with Gasteiger partial charge in [0.2, 0.25) is 0 Å². The van der Waals surface area contributed by atoms with Crippen LogP contribution < -0.4 is 5.32 Å².